The SMILES string of the molecule is COCCNCc1cccc(Cl)c1SC. The highest BCUT2D eigenvalue weighted by molar-refractivity contribution is 7.98. The number of rotatable bonds is 6. The van der Waals surface area contributed by atoms with Crippen LogP contribution in [-0.2, 0) is 11.3 Å². The molecule has 0 unspecified atom stereocenters. The smallest absolute Gasteiger partial charge is 0.0587 e. The van der Waals surface area contributed by atoms with Crippen molar-refractivity contribution in [1.82, 2.24) is 5.32 Å². The molecule has 0 saturated heterocycles. The fraction of sp³-hybridized carbons (Fsp3) is 0.455. The molecule has 0 aliphatic heterocycles. The molecule has 0 aliphatic rings. The van der Waals surface area contributed by atoms with Crippen molar-refractivity contribution in [3.8, 4) is 0 Å². The number of benzene rings is 1. The molecule has 1 N–H and O–H groups in total. The zero-order valence-electron chi connectivity index (χ0n) is 9.05. The van der Waals surface area contributed by atoms with Gasteiger partial charge in [0.25, 0.3) is 0 Å². The van der Waals surface area contributed by atoms with Gasteiger partial charge in [-0.1, -0.05) is 23.7 Å². The third kappa shape index (κ3) is 4.03. The highest BCUT2D eigenvalue weighted by Crippen LogP contribution is 2.28. The summed E-state index contributed by atoms with van der Waals surface area (Å²) in [6.45, 7) is 2.42. The lowest BCUT2D eigenvalue weighted by molar-refractivity contribution is 0.199. The van der Waals surface area contributed by atoms with Crippen molar-refractivity contribution < 1.29 is 4.74 Å². The van der Waals surface area contributed by atoms with Crippen LogP contribution >= 0.6 is 23.4 Å². The molecule has 1 aromatic carbocycles. The molecule has 0 atom stereocenters. The van der Waals surface area contributed by atoms with Gasteiger partial charge in [-0.2, -0.15) is 0 Å². The van der Waals surface area contributed by atoms with Crippen LogP contribution in [0.1, 0.15) is 5.56 Å². The lowest BCUT2D eigenvalue weighted by atomic mass is 10.2. The van der Waals surface area contributed by atoms with Gasteiger partial charge in [-0.25, -0.2) is 0 Å². The zero-order chi connectivity index (χ0) is 11.1. The summed E-state index contributed by atoms with van der Waals surface area (Å²) in [5.41, 5.74) is 1.24. The summed E-state index contributed by atoms with van der Waals surface area (Å²) in [7, 11) is 1.70. The Morgan fingerprint density at radius 3 is 2.93 bits per heavy atom. The lowest BCUT2D eigenvalue weighted by Gasteiger charge is -2.09. The maximum atomic E-state index is 6.10. The Morgan fingerprint density at radius 1 is 1.47 bits per heavy atom. The Bertz CT molecular complexity index is 307. The number of methoxy groups -OCH3 is 1. The maximum absolute atomic E-state index is 6.10. The minimum Gasteiger partial charge on any atom is -0.383 e. The molecule has 1 aromatic rings. The van der Waals surface area contributed by atoms with Crippen molar-refractivity contribution >= 4 is 23.4 Å². The van der Waals surface area contributed by atoms with Gasteiger partial charge in [-0.3, -0.25) is 0 Å². The van der Waals surface area contributed by atoms with Gasteiger partial charge >= 0.3 is 0 Å². The van der Waals surface area contributed by atoms with Crippen LogP contribution in [0.5, 0.6) is 0 Å². The van der Waals surface area contributed by atoms with E-state index in [-0.39, 0.29) is 0 Å². The predicted octanol–water partition coefficient (Wildman–Crippen LogP) is 2.80. The Kier molecular flexibility index (Phi) is 6.10. The quantitative estimate of drug-likeness (QED) is 0.615. The summed E-state index contributed by atoms with van der Waals surface area (Å²) in [6.07, 6.45) is 2.04. The van der Waals surface area contributed by atoms with Gasteiger partial charge in [0.2, 0.25) is 0 Å². The number of nitrogens with one attached hydrogen (secondary N) is 1. The fourth-order valence-electron chi connectivity index (χ4n) is 1.32. The molecule has 0 amide bonds. The van der Waals surface area contributed by atoms with Crippen LogP contribution in [0.3, 0.4) is 0 Å². The Hall–Kier alpha value is -0.220. The Morgan fingerprint density at radius 2 is 2.27 bits per heavy atom. The Labute approximate surface area is 100 Å². The molecule has 0 spiro atoms. The third-order valence-electron chi connectivity index (χ3n) is 2.05. The summed E-state index contributed by atoms with van der Waals surface area (Å²) in [5.74, 6) is 0. The topological polar surface area (TPSA) is 21.3 Å². The van der Waals surface area contributed by atoms with E-state index in [0.717, 1.165) is 29.6 Å². The number of hydrogen-bond acceptors (Lipinski definition) is 3. The predicted molar refractivity (Wildman–Crippen MR) is 66.8 cm³/mol. The van der Waals surface area contributed by atoms with E-state index in [1.165, 1.54) is 5.56 Å². The maximum Gasteiger partial charge on any atom is 0.0587 e. The molecule has 15 heavy (non-hydrogen) atoms. The van der Waals surface area contributed by atoms with Crippen molar-refractivity contribution in [2.75, 3.05) is 26.5 Å². The molecule has 1 rings (SSSR count). The number of halogens is 1. The number of ether oxygens (including phenoxy) is 1. The average Bonchev–Trinajstić information content (AvgIpc) is 2.24. The third-order valence-corrected chi connectivity index (χ3v) is 3.37. The van der Waals surface area contributed by atoms with E-state index in [1.807, 2.05) is 18.4 Å². The molecule has 0 bridgehead atoms. The zero-order valence-corrected chi connectivity index (χ0v) is 10.6. The summed E-state index contributed by atoms with van der Waals surface area (Å²) < 4.78 is 4.97. The van der Waals surface area contributed by atoms with E-state index in [0.29, 0.717) is 0 Å². The highest BCUT2D eigenvalue weighted by Gasteiger charge is 2.04. The van der Waals surface area contributed by atoms with Gasteiger partial charge < -0.3 is 10.1 Å². The second-order valence-corrected chi connectivity index (χ2v) is 4.33. The molecule has 0 aliphatic carbocycles. The van der Waals surface area contributed by atoms with E-state index in [4.69, 9.17) is 16.3 Å². The van der Waals surface area contributed by atoms with E-state index >= 15 is 0 Å². The van der Waals surface area contributed by atoms with Crippen molar-refractivity contribution in [3.63, 3.8) is 0 Å². The normalized spacial score (nSPS) is 10.6. The summed E-state index contributed by atoms with van der Waals surface area (Å²) in [5, 5.41) is 4.13. The van der Waals surface area contributed by atoms with Gasteiger partial charge in [-0.05, 0) is 17.9 Å². The minimum atomic E-state index is 0.731. The molecule has 0 heterocycles. The largest absolute Gasteiger partial charge is 0.383 e. The van der Waals surface area contributed by atoms with Gasteiger partial charge in [0.05, 0.1) is 11.6 Å². The molecular formula is C11H16ClNOS. The van der Waals surface area contributed by atoms with Crippen LogP contribution in [0.15, 0.2) is 23.1 Å². The van der Waals surface area contributed by atoms with Crippen LogP contribution in [0.25, 0.3) is 0 Å². The van der Waals surface area contributed by atoms with E-state index in [9.17, 15) is 0 Å². The molecule has 4 heteroatoms. The first kappa shape index (κ1) is 12.8. The van der Waals surface area contributed by atoms with E-state index in [1.54, 1.807) is 18.9 Å². The molecule has 0 aromatic heterocycles. The molecule has 2 nitrogen and oxygen atoms in total. The van der Waals surface area contributed by atoms with Crippen LogP contribution in [0.2, 0.25) is 5.02 Å². The van der Waals surface area contributed by atoms with Crippen LogP contribution in [0.4, 0.5) is 0 Å². The van der Waals surface area contributed by atoms with E-state index in [2.05, 4.69) is 11.4 Å². The van der Waals surface area contributed by atoms with Crippen LogP contribution in [-0.4, -0.2) is 26.5 Å². The van der Waals surface area contributed by atoms with Crippen LogP contribution in [0, 0.1) is 0 Å². The number of hydrogen-bond donors (Lipinski definition) is 1. The van der Waals surface area contributed by atoms with Gasteiger partial charge in [-0.15, -0.1) is 11.8 Å². The van der Waals surface area contributed by atoms with E-state index < -0.39 is 0 Å². The van der Waals surface area contributed by atoms with Crippen LogP contribution < -0.4 is 5.32 Å². The summed E-state index contributed by atoms with van der Waals surface area (Å²) in [4.78, 5) is 1.16. The first-order valence-electron chi connectivity index (χ1n) is 4.80. The molecule has 0 saturated carbocycles. The monoisotopic (exact) mass is 245 g/mol. The average molecular weight is 246 g/mol. The molecule has 0 fully saturated rings. The van der Waals surface area contributed by atoms with Crippen molar-refractivity contribution in [1.29, 1.82) is 0 Å². The minimum absolute atomic E-state index is 0.731. The Balaban J connectivity index is 2.56. The number of thioether (sulfide) groups is 1. The molecular weight excluding hydrogens is 230 g/mol. The van der Waals surface area contributed by atoms with Crippen molar-refractivity contribution in [2.45, 2.75) is 11.4 Å². The first-order valence-corrected chi connectivity index (χ1v) is 6.41. The standard InChI is InChI=1S/C11H16ClNOS/c1-14-7-6-13-8-9-4-3-5-10(12)11(9)15-2/h3-5,13H,6-8H2,1-2H3. The second-order valence-electron chi connectivity index (χ2n) is 3.10. The van der Waals surface area contributed by atoms with Gasteiger partial charge in [0, 0.05) is 25.1 Å². The van der Waals surface area contributed by atoms with Gasteiger partial charge in [0.15, 0.2) is 0 Å². The fourth-order valence-corrected chi connectivity index (χ4v) is 2.41. The van der Waals surface area contributed by atoms with Crippen molar-refractivity contribution in [3.05, 3.63) is 28.8 Å². The first-order chi connectivity index (χ1) is 7.29. The summed E-state index contributed by atoms with van der Waals surface area (Å²) in [6, 6.07) is 6.00. The second kappa shape index (κ2) is 7.12. The van der Waals surface area contributed by atoms with Crippen molar-refractivity contribution in [2.24, 2.45) is 0 Å². The lowest BCUT2D eigenvalue weighted by Crippen LogP contribution is -2.18. The summed E-state index contributed by atoms with van der Waals surface area (Å²) >= 11 is 7.78. The highest BCUT2D eigenvalue weighted by atomic mass is 35.5. The molecule has 84 valence electrons. The molecule has 0 radical (unpaired) electrons. The van der Waals surface area contributed by atoms with Gasteiger partial charge in [0.1, 0.15) is 0 Å².